The van der Waals surface area contributed by atoms with Crippen molar-refractivity contribution < 1.29 is 29.8 Å². The van der Waals surface area contributed by atoms with E-state index in [0.29, 0.717) is 5.56 Å². The summed E-state index contributed by atoms with van der Waals surface area (Å²) >= 11 is 0. The van der Waals surface area contributed by atoms with E-state index in [1.807, 2.05) is 20.8 Å². The molecule has 1 rings (SSSR count). The maximum absolute atomic E-state index is 11.4. The van der Waals surface area contributed by atoms with Crippen molar-refractivity contribution in [3.05, 3.63) is 34.9 Å². The topological polar surface area (TPSA) is 124 Å². The molecule has 0 aromatic heterocycles. The summed E-state index contributed by atoms with van der Waals surface area (Å²) in [6.45, 7) is 5.83. The van der Waals surface area contributed by atoms with Gasteiger partial charge in [0.2, 0.25) is 5.91 Å². The number of carboxylic acids is 2. The number of aromatic carboxylic acids is 1. The largest absolute Gasteiger partial charge is 0.481 e. The van der Waals surface area contributed by atoms with Crippen LogP contribution in [0.25, 0.3) is 0 Å². The van der Waals surface area contributed by atoms with E-state index in [9.17, 15) is 24.6 Å². The molecule has 4 N–H and O–H groups in total. The number of hydrogen-bond acceptors (Lipinski definition) is 4. The Balaban J connectivity index is 3.09. The minimum atomic E-state index is -1.08. The van der Waals surface area contributed by atoms with Crippen LogP contribution in [0.1, 0.15) is 55.1 Å². The highest BCUT2D eigenvalue weighted by atomic mass is 16.5. The van der Waals surface area contributed by atoms with Crippen molar-refractivity contribution in [2.75, 3.05) is 0 Å². The van der Waals surface area contributed by atoms with Gasteiger partial charge >= 0.3 is 11.9 Å². The van der Waals surface area contributed by atoms with Gasteiger partial charge in [-0.25, -0.2) is 10.3 Å². The molecule has 0 spiro atoms. The minimum Gasteiger partial charge on any atom is -0.481 e. The van der Waals surface area contributed by atoms with Gasteiger partial charge in [-0.05, 0) is 41.5 Å². The monoisotopic (exact) mass is 337 g/mol. The van der Waals surface area contributed by atoms with E-state index in [0.717, 1.165) is 5.56 Å². The summed E-state index contributed by atoms with van der Waals surface area (Å²) in [5.74, 6) is -3.65. The molecule has 0 saturated heterocycles. The fraction of sp³-hybridized carbons (Fsp3) is 0.471. The molecule has 0 aliphatic heterocycles. The Bertz CT molecular complexity index is 632. The number of rotatable bonds is 7. The van der Waals surface area contributed by atoms with Gasteiger partial charge in [0.05, 0.1) is 11.5 Å². The third-order valence-electron chi connectivity index (χ3n) is 3.78. The average molecular weight is 337 g/mol. The number of nitrogens with one attached hydrogen (secondary N) is 1. The van der Waals surface area contributed by atoms with Crippen LogP contribution in [-0.4, -0.2) is 33.3 Å². The molecular formula is C17H23NO6. The zero-order valence-corrected chi connectivity index (χ0v) is 14.0. The average Bonchev–Trinajstić information content (AvgIpc) is 2.49. The van der Waals surface area contributed by atoms with Crippen LogP contribution < -0.4 is 5.48 Å². The SMILES string of the molecule is CC(C)(C)c1cc(CC(CCC(=O)NO)C(=O)O)cc(C(=O)O)c1. The standard InChI is InChI=1S/C17H23NO6/c1-17(2,3)13-8-10(7-12(9-13)16(22)23)6-11(15(20)21)4-5-14(19)18-24/h7-9,11,24H,4-6H2,1-3H3,(H,18,19)(H,20,21)(H,22,23). The van der Waals surface area contributed by atoms with Crippen molar-refractivity contribution in [3.63, 3.8) is 0 Å². The highest BCUT2D eigenvalue weighted by Gasteiger charge is 2.22. The highest BCUT2D eigenvalue weighted by molar-refractivity contribution is 5.88. The lowest BCUT2D eigenvalue weighted by Gasteiger charge is -2.21. The van der Waals surface area contributed by atoms with Gasteiger partial charge in [0, 0.05) is 6.42 Å². The summed E-state index contributed by atoms with van der Waals surface area (Å²) in [4.78, 5) is 33.8. The molecule has 1 amide bonds. The number of benzene rings is 1. The molecule has 24 heavy (non-hydrogen) atoms. The van der Waals surface area contributed by atoms with Crippen molar-refractivity contribution in [1.82, 2.24) is 5.48 Å². The Hall–Kier alpha value is -2.41. The maximum Gasteiger partial charge on any atom is 0.335 e. The number of hydroxylamine groups is 1. The normalized spacial score (nSPS) is 12.5. The molecule has 1 unspecified atom stereocenters. The first-order valence-corrected chi connectivity index (χ1v) is 7.58. The van der Waals surface area contributed by atoms with Gasteiger partial charge in [0.15, 0.2) is 0 Å². The van der Waals surface area contributed by atoms with Gasteiger partial charge in [-0.15, -0.1) is 0 Å². The zero-order chi connectivity index (χ0) is 18.5. The number of carbonyl (C=O) groups excluding carboxylic acids is 1. The van der Waals surface area contributed by atoms with Crippen LogP contribution in [0.4, 0.5) is 0 Å². The molecule has 0 fully saturated rings. The molecule has 0 saturated carbocycles. The van der Waals surface area contributed by atoms with E-state index in [1.54, 1.807) is 12.1 Å². The second-order valence-corrected chi connectivity index (χ2v) is 6.79. The zero-order valence-electron chi connectivity index (χ0n) is 14.0. The van der Waals surface area contributed by atoms with Crippen molar-refractivity contribution in [2.24, 2.45) is 5.92 Å². The van der Waals surface area contributed by atoms with Crippen molar-refractivity contribution in [2.45, 2.75) is 45.4 Å². The molecule has 1 aromatic rings. The van der Waals surface area contributed by atoms with Crippen LogP contribution in [0.5, 0.6) is 0 Å². The van der Waals surface area contributed by atoms with E-state index in [1.165, 1.54) is 11.5 Å². The molecule has 0 aliphatic rings. The van der Waals surface area contributed by atoms with Crippen LogP contribution >= 0.6 is 0 Å². The summed E-state index contributed by atoms with van der Waals surface area (Å²) in [5, 5.41) is 27.1. The van der Waals surface area contributed by atoms with Gasteiger partial charge in [-0.3, -0.25) is 14.8 Å². The summed E-state index contributed by atoms with van der Waals surface area (Å²) in [6.07, 6.45) is 0.0281. The number of amides is 1. The Labute approximate surface area is 140 Å². The van der Waals surface area contributed by atoms with Crippen LogP contribution in [-0.2, 0) is 21.4 Å². The molecule has 7 nitrogen and oxygen atoms in total. The van der Waals surface area contributed by atoms with Gasteiger partial charge in [-0.2, -0.15) is 0 Å². The quantitative estimate of drug-likeness (QED) is 0.447. The molecule has 0 radical (unpaired) electrons. The van der Waals surface area contributed by atoms with Crippen LogP contribution in [0.2, 0.25) is 0 Å². The Morgan fingerprint density at radius 3 is 2.21 bits per heavy atom. The van der Waals surface area contributed by atoms with Crippen LogP contribution in [0, 0.1) is 5.92 Å². The van der Waals surface area contributed by atoms with Gasteiger partial charge < -0.3 is 10.2 Å². The second-order valence-electron chi connectivity index (χ2n) is 6.79. The summed E-state index contributed by atoms with van der Waals surface area (Å²) < 4.78 is 0. The summed E-state index contributed by atoms with van der Waals surface area (Å²) in [7, 11) is 0. The molecule has 132 valence electrons. The minimum absolute atomic E-state index is 0.0455. The Kier molecular flexibility index (Phi) is 6.48. The summed E-state index contributed by atoms with van der Waals surface area (Å²) in [6, 6.07) is 4.84. The molecule has 0 aliphatic carbocycles. The number of carboxylic acid groups (broad SMARTS) is 2. The molecule has 0 heterocycles. The lowest BCUT2D eigenvalue weighted by Crippen LogP contribution is -2.23. The molecule has 1 aromatic carbocycles. The first kappa shape index (κ1) is 19.6. The fourth-order valence-electron chi connectivity index (χ4n) is 2.32. The van der Waals surface area contributed by atoms with Crippen molar-refractivity contribution in [3.8, 4) is 0 Å². The van der Waals surface area contributed by atoms with E-state index < -0.39 is 23.8 Å². The summed E-state index contributed by atoms with van der Waals surface area (Å²) in [5.41, 5.74) is 2.69. The molecular weight excluding hydrogens is 314 g/mol. The van der Waals surface area contributed by atoms with E-state index >= 15 is 0 Å². The third-order valence-corrected chi connectivity index (χ3v) is 3.78. The smallest absolute Gasteiger partial charge is 0.335 e. The van der Waals surface area contributed by atoms with Gasteiger partial charge in [0.1, 0.15) is 0 Å². The van der Waals surface area contributed by atoms with E-state index in [-0.39, 0.29) is 30.2 Å². The van der Waals surface area contributed by atoms with E-state index in [2.05, 4.69) is 0 Å². The van der Waals surface area contributed by atoms with Crippen molar-refractivity contribution in [1.29, 1.82) is 0 Å². The van der Waals surface area contributed by atoms with Crippen LogP contribution in [0.3, 0.4) is 0 Å². The lowest BCUT2D eigenvalue weighted by atomic mass is 9.83. The lowest BCUT2D eigenvalue weighted by molar-refractivity contribution is -0.142. The fourth-order valence-corrected chi connectivity index (χ4v) is 2.32. The predicted octanol–water partition coefficient (Wildman–Crippen LogP) is 2.21. The number of carbonyl (C=O) groups is 3. The van der Waals surface area contributed by atoms with Crippen LogP contribution in [0.15, 0.2) is 18.2 Å². The number of hydrogen-bond donors (Lipinski definition) is 4. The molecule has 0 bridgehead atoms. The Morgan fingerprint density at radius 1 is 1.12 bits per heavy atom. The first-order chi connectivity index (χ1) is 11.0. The third kappa shape index (κ3) is 5.66. The maximum atomic E-state index is 11.4. The predicted molar refractivity (Wildman–Crippen MR) is 86.1 cm³/mol. The van der Waals surface area contributed by atoms with Gasteiger partial charge in [-0.1, -0.05) is 26.8 Å². The first-order valence-electron chi connectivity index (χ1n) is 7.58. The Morgan fingerprint density at radius 2 is 1.75 bits per heavy atom. The second kappa shape index (κ2) is 7.92. The highest BCUT2D eigenvalue weighted by Crippen LogP contribution is 2.26. The van der Waals surface area contributed by atoms with E-state index in [4.69, 9.17) is 5.21 Å². The van der Waals surface area contributed by atoms with Crippen molar-refractivity contribution >= 4 is 17.8 Å². The molecule has 7 heteroatoms. The molecule has 1 atom stereocenters. The van der Waals surface area contributed by atoms with Gasteiger partial charge in [0.25, 0.3) is 0 Å². The number of aliphatic carboxylic acids is 1.